The molecule has 0 amide bonds. The summed E-state index contributed by atoms with van der Waals surface area (Å²) < 4.78 is 0. The van der Waals surface area contributed by atoms with E-state index in [4.69, 9.17) is 12.2 Å². The number of nitrogens with zero attached hydrogens (tertiary/aromatic N) is 2. The summed E-state index contributed by atoms with van der Waals surface area (Å²) in [5.41, 5.74) is 2.18. The Labute approximate surface area is 166 Å². The van der Waals surface area contributed by atoms with Crippen molar-refractivity contribution in [3.05, 3.63) is 88.5 Å². The fourth-order valence-electron chi connectivity index (χ4n) is 2.40. The van der Waals surface area contributed by atoms with Gasteiger partial charge >= 0.3 is 0 Å². The quantitative estimate of drug-likeness (QED) is 0.248. The fraction of sp³-hybridized carbons (Fsp3) is 0. The van der Waals surface area contributed by atoms with Gasteiger partial charge in [-0.1, -0.05) is 30.3 Å². The van der Waals surface area contributed by atoms with Gasteiger partial charge in [0.05, 0.1) is 16.3 Å². The van der Waals surface area contributed by atoms with Crippen LogP contribution in [-0.2, 0) is 0 Å². The number of anilines is 2. The molecule has 0 aliphatic heterocycles. The summed E-state index contributed by atoms with van der Waals surface area (Å²) in [6, 6.07) is 20.5. The summed E-state index contributed by atoms with van der Waals surface area (Å²) in [5.74, 6) is -0.0962. The van der Waals surface area contributed by atoms with Crippen LogP contribution in [0.1, 0.15) is 5.56 Å². The van der Waals surface area contributed by atoms with Gasteiger partial charge in [0.15, 0.2) is 5.11 Å². The summed E-state index contributed by atoms with van der Waals surface area (Å²) in [7, 11) is 0. The number of hydrogen-bond acceptors (Lipinski definition) is 5. The second kappa shape index (κ2) is 8.74. The van der Waals surface area contributed by atoms with Crippen molar-refractivity contribution in [3.63, 3.8) is 0 Å². The molecule has 0 spiro atoms. The van der Waals surface area contributed by atoms with Gasteiger partial charge in [-0.25, -0.2) is 0 Å². The SMILES string of the molecule is O=[N+]([O-])c1ccc(O)c(C=Nc2ccccc2NC(=S)Nc2ccccc2)c1. The number of nitro groups is 1. The van der Waals surface area contributed by atoms with Crippen molar-refractivity contribution in [2.75, 3.05) is 10.6 Å². The molecule has 0 aromatic heterocycles. The number of phenolic OH excluding ortho intramolecular Hbond substituents is 1. The normalized spacial score (nSPS) is 10.6. The third-order valence-electron chi connectivity index (χ3n) is 3.75. The van der Waals surface area contributed by atoms with E-state index < -0.39 is 4.92 Å². The topological polar surface area (TPSA) is 99.8 Å². The minimum Gasteiger partial charge on any atom is -0.507 e. The number of rotatable bonds is 5. The maximum atomic E-state index is 10.9. The average molecular weight is 392 g/mol. The number of nitro benzene ring substituents is 1. The Kier molecular flexibility index (Phi) is 5.93. The van der Waals surface area contributed by atoms with Crippen molar-refractivity contribution in [3.8, 4) is 5.75 Å². The van der Waals surface area contributed by atoms with E-state index in [9.17, 15) is 15.2 Å². The lowest BCUT2D eigenvalue weighted by atomic mass is 10.2. The molecule has 0 atom stereocenters. The van der Waals surface area contributed by atoms with E-state index in [0.29, 0.717) is 16.5 Å². The first kappa shape index (κ1) is 19.0. The zero-order valence-corrected chi connectivity index (χ0v) is 15.4. The molecule has 140 valence electrons. The smallest absolute Gasteiger partial charge is 0.270 e. The number of aliphatic imine (C=N–C) groups is 1. The summed E-state index contributed by atoms with van der Waals surface area (Å²) >= 11 is 5.33. The Morgan fingerprint density at radius 1 is 1.04 bits per heavy atom. The summed E-state index contributed by atoms with van der Waals surface area (Å²) in [4.78, 5) is 14.7. The zero-order valence-electron chi connectivity index (χ0n) is 14.6. The molecule has 0 saturated heterocycles. The highest BCUT2D eigenvalue weighted by Gasteiger charge is 2.09. The van der Waals surface area contributed by atoms with Gasteiger partial charge in [-0.15, -0.1) is 0 Å². The molecule has 8 heteroatoms. The van der Waals surface area contributed by atoms with Crippen LogP contribution in [0.4, 0.5) is 22.7 Å². The van der Waals surface area contributed by atoms with Gasteiger partial charge in [0.25, 0.3) is 5.69 Å². The third-order valence-corrected chi connectivity index (χ3v) is 3.95. The molecule has 0 unspecified atom stereocenters. The van der Waals surface area contributed by atoms with E-state index in [1.165, 1.54) is 24.4 Å². The lowest BCUT2D eigenvalue weighted by molar-refractivity contribution is -0.384. The minimum absolute atomic E-state index is 0.0962. The van der Waals surface area contributed by atoms with Crippen LogP contribution in [0, 0.1) is 10.1 Å². The lowest BCUT2D eigenvalue weighted by Crippen LogP contribution is -2.19. The highest BCUT2D eigenvalue weighted by Crippen LogP contribution is 2.26. The maximum Gasteiger partial charge on any atom is 0.270 e. The van der Waals surface area contributed by atoms with E-state index in [2.05, 4.69) is 15.6 Å². The van der Waals surface area contributed by atoms with Gasteiger partial charge in [-0.05, 0) is 42.5 Å². The van der Waals surface area contributed by atoms with Crippen molar-refractivity contribution in [1.82, 2.24) is 0 Å². The number of phenols is 1. The first-order valence-corrected chi connectivity index (χ1v) is 8.67. The first-order valence-electron chi connectivity index (χ1n) is 8.26. The van der Waals surface area contributed by atoms with E-state index >= 15 is 0 Å². The van der Waals surface area contributed by atoms with Crippen LogP contribution in [0.15, 0.2) is 77.8 Å². The molecular weight excluding hydrogens is 376 g/mol. The van der Waals surface area contributed by atoms with Crippen LogP contribution in [0.5, 0.6) is 5.75 Å². The molecule has 0 heterocycles. The highest BCUT2D eigenvalue weighted by molar-refractivity contribution is 7.80. The molecule has 3 rings (SSSR count). The zero-order chi connectivity index (χ0) is 19.9. The number of benzene rings is 3. The second-order valence-electron chi connectivity index (χ2n) is 5.72. The highest BCUT2D eigenvalue weighted by atomic mass is 32.1. The maximum absolute atomic E-state index is 10.9. The Balaban J connectivity index is 1.79. The standard InChI is InChI=1S/C20H16N4O3S/c25-19-11-10-16(24(26)27)12-14(19)13-21-17-8-4-5-9-18(17)23-20(28)22-15-6-2-1-3-7-15/h1-13,25H,(H2,22,23,28). The van der Waals surface area contributed by atoms with Crippen LogP contribution in [0.25, 0.3) is 0 Å². The van der Waals surface area contributed by atoms with Crippen LogP contribution < -0.4 is 10.6 Å². The molecular formula is C20H16N4O3S. The van der Waals surface area contributed by atoms with Gasteiger partial charge in [0.1, 0.15) is 5.75 Å². The number of para-hydroxylation sites is 3. The second-order valence-corrected chi connectivity index (χ2v) is 6.13. The molecule has 3 N–H and O–H groups in total. The molecule has 0 aliphatic rings. The van der Waals surface area contributed by atoms with E-state index in [1.54, 1.807) is 18.2 Å². The monoisotopic (exact) mass is 392 g/mol. The van der Waals surface area contributed by atoms with Gasteiger partial charge in [0, 0.05) is 29.6 Å². The van der Waals surface area contributed by atoms with Crippen LogP contribution in [0.3, 0.4) is 0 Å². The largest absolute Gasteiger partial charge is 0.507 e. The number of non-ortho nitro benzene ring substituents is 1. The molecule has 0 aliphatic carbocycles. The summed E-state index contributed by atoms with van der Waals surface area (Å²) in [6.07, 6.45) is 1.37. The number of hydrogen-bond donors (Lipinski definition) is 3. The van der Waals surface area contributed by atoms with Gasteiger partial charge in [-0.3, -0.25) is 15.1 Å². The molecule has 0 bridgehead atoms. The van der Waals surface area contributed by atoms with Crippen LogP contribution >= 0.6 is 12.2 Å². The van der Waals surface area contributed by atoms with Gasteiger partial charge in [-0.2, -0.15) is 0 Å². The molecule has 3 aromatic carbocycles. The molecule has 0 saturated carbocycles. The first-order chi connectivity index (χ1) is 13.5. The average Bonchev–Trinajstić information content (AvgIpc) is 2.69. The van der Waals surface area contributed by atoms with E-state index in [-0.39, 0.29) is 17.0 Å². The van der Waals surface area contributed by atoms with Gasteiger partial charge < -0.3 is 15.7 Å². The minimum atomic E-state index is -0.528. The van der Waals surface area contributed by atoms with Gasteiger partial charge in [0.2, 0.25) is 0 Å². The Bertz CT molecular complexity index is 1040. The van der Waals surface area contributed by atoms with E-state index in [1.807, 2.05) is 36.4 Å². The Morgan fingerprint density at radius 2 is 1.75 bits per heavy atom. The Hall–Kier alpha value is -3.78. The van der Waals surface area contributed by atoms with Crippen LogP contribution in [-0.4, -0.2) is 21.4 Å². The van der Waals surface area contributed by atoms with Crippen molar-refractivity contribution in [2.45, 2.75) is 0 Å². The summed E-state index contributed by atoms with van der Waals surface area (Å²) in [6.45, 7) is 0. The molecule has 28 heavy (non-hydrogen) atoms. The number of aromatic hydroxyl groups is 1. The summed E-state index contributed by atoms with van der Waals surface area (Å²) in [5, 5.41) is 27.4. The molecule has 0 radical (unpaired) electrons. The number of nitrogens with one attached hydrogen (secondary N) is 2. The van der Waals surface area contributed by atoms with Crippen molar-refractivity contribution in [1.29, 1.82) is 0 Å². The molecule has 3 aromatic rings. The molecule has 7 nitrogen and oxygen atoms in total. The Morgan fingerprint density at radius 3 is 2.50 bits per heavy atom. The van der Waals surface area contributed by atoms with E-state index in [0.717, 1.165) is 5.69 Å². The predicted molar refractivity (Wildman–Crippen MR) is 115 cm³/mol. The van der Waals surface area contributed by atoms with Crippen LogP contribution in [0.2, 0.25) is 0 Å². The lowest BCUT2D eigenvalue weighted by Gasteiger charge is -2.12. The number of thiocarbonyl (C=S) groups is 1. The van der Waals surface area contributed by atoms with Crippen molar-refractivity contribution in [2.24, 2.45) is 4.99 Å². The molecule has 0 fully saturated rings. The predicted octanol–water partition coefficient (Wildman–Crippen LogP) is 4.86. The van der Waals surface area contributed by atoms with Crippen molar-refractivity contribution >= 4 is 46.3 Å². The fourth-order valence-corrected chi connectivity index (χ4v) is 2.62. The van der Waals surface area contributed by atoms with Crippen molar-refractivity contribution < 1.29 is 10.0 Å². The third kappa shape index (κ3) is 4.89.